The summed E-state index contributed by atoms with van der Waals surface area (Å²) in [5, 5.41) is 8.65. The summed E-state index contributed by atoms with van der Waals surface area (Å²) in [6.45, 7) is 4.23. The number of rotatable bonds is 6. The Morgan fingerprint density at radius 2 is 2.04 bits per heavy atom. The zero-order valence-electron chi connectivity index (χ0n) is 12.8. The molecule has 6 nitrogen and oxygen atoms in total. The number of benzene rings is 1. The van der Waals surface area contributed by atoms with Crippen LogP contribution in [0.5, 0.6) is 0 Å². The third-order valence-electron chi connectivity index (χ3n) is 2.79. The number of oxime groups is 1. The lowest BCUT2D eigenvalue weighted by atomic mass is 10.1. The summed E-state index contributed by atoms with van der Waals surface area (Å²) in [7, 11) is 0. The molecule has 0 radical (unpaired) electrons. The van der Waals surface area contributed by atoms with E-state index in [-0.39, 0.29) is 24.3 Å². The van der Waals surface area contributed by atoms with Gasteiger partial charge in [-0.3, -0.25) is 0 Å². The van der Waals surface area contributed by atoms with Gasteiger partial charge in [0.2, 0.25) is 0 Å². The van der Waals surface area contributed by atoms with Crippen molar-refractivity contribution in [2.24, 2.45) is 11.1 Å². The number of carbonyl (C=O) groups excluding carboxylic acids is 1. The maximum absolute atomic E-state index is 11.7. The predicted molar refractivity (Wildman–Crippen MR) is 90.8 cm³/mol. The Balaban J connectivity index is 0.00000264. The van der Waals surface area contributed by atoms with Crippen LogP contribution < -0.4 is 0 Å². The van der Waals surface area contributed by atoms with Crippen LogP contribution in [0.25, 0.3) is 0 Å². The lowest BCUT2D eigenvalue weighted by molar-refractivity contribution is -0.144. The van der Waals surface area contributed by atoms with Crippen LogP contribution in [0, 0.1) is 5.92 Å². The van der Waals surface area contributed by atoms with Crippen LogP contribution in [0.15, 0.2) is 42.1 Å². The van der Waals surface area contributed by atoms with Gasteiger partial charge >= 0.3 is 5.97 Å². The van der Waals surface area contributed by atoms with Gasteiger partial charge in [-0.25, -0.2) is 14.5 Å². The van der Waals surface area contributed by atoms with Gasteiger partial charge in [0.1, 0.15) is 18.4 Å². The highest BCUT2D eigenvalue weighted by Crippen LogP contribution is 2.12. The Labute approximate surface area is 145 Å². The lowest BCUT2D eigenvalue weighted by Crippen LogP contribution is -2.14. The molecule has 0 aliphatic rings. The molecule has 2 rings (SSSR count). The van der Waals surface area contributed by atoms with E-state index < -0.39 is 0 Å². The molecule has 0 bridgehead atoms. The summed E-state index contributed by atoms with van der Waals surface area (Å²) in [5.74, 6) is -0.142. The second-order valence-corrected chi connectivity index (χ2v) is 5.64. The maximum atomic E-state index is 11.7. The van der Waals surface area contributed by atoms with Gasteiger partial charge in [-0.15, -0.1) is 12.4 Å². The predicted octanol–water partition coefficient (Wildman–Crippen LogP) is 3.35. The molecule has 0 unspecified atom stereocenters. The molecule has 1 aromatic carbocycles. The van der Waals surface area contributed by atoms with Crippen molar-refractivity contribution < 1.29 is 9.63 Å². The minimum atomic E-state index is -0.361. The first-order chi connectivity index (χ1) is 10.5. The molecule has 0 fully saturated rings. The molecule has 0 saturated heterocycles. The van der Waals surface area contributed by atoms with E-state index in [4.69, 9.17) is 16.4 Å². The van der Waals surface area contributed by atoms with E-state index >= 15 is 0 Å². The van der Waals surface area contributed by atoms with E-state index in [9.17, 15) is 4.79 Å². The number of aromatic nitrogens is 3. The minimum Gasteiger partial charge on any atom is -0.318 e. The van der Waals surface area contributed by atoms with E-state index in [2.05, 4.69) is 15.2 Å². The van der Waals surface area contributed by atoms with Gasteiger partial charge in [-0.1, -0.05) is 42.7 Å². The lowest BCUT2D eigenvalue weighted by Gasteiger charge is -2.07. The highest BCUT2D eigenvalue weighted by molar-refractivity contribution is 6.30. The standard InChI is InChI=1S/C15H17ClN4O2.ClH/c1-11(2)7-15(21)22-19-14(8-20-10-17-9-18-20)12-3-5-13(16)6-4-12;/h3-6,9-11H,7-8H2,1-2H3;1H. The minimum absolute atomic E-state index is 0. The van der Waals surface area contributed by atoms with Crippen LogP contribution in [-0.4, -0.2) is 26.4 Å². The van der Waals surface area contributed by atoms with Crippen molar-refractivity contribution >= 4 is 35.7 Å². The summed E-state index contributed by atoms with van der Waals surface area (Å²) in [6.07, 6.45) is 3.33. The SMILES string of the molecule is CC(C)CC(=O)ON=C(Cn1cncn1)c1ccc(Cl)cc1.Cl. The Morgan fingerprint density at radius 1 is 1.35 bits per heavy atom. The van der Waals surface area contributed by atoms with Crippen molar-refractivity contribution in [1.29, 1.82) is 0 Å². The second kappa shape index (κ2) is 9.27. The van der Waals surface area contributed by atoms with Crippen molar-refractivity contribution in [1.82, 2.24) is 14.8 Å². The van der Waals surface area contributed by atoms with Gasteiger partial charge in [0.05, 0.1) is 13.0 Å². The zero-order valence-corrected chi connectivity index (χ0v) is 14.4. The third kappa shape index (κ3) is 6.38. The Kier molecular flexibility index (Phi) is 7.71. The first-order valence-corrected chi connectivity index (χ1v) is 7.27. The molecular formula is C15H18Cl2N4O2. The summed E-state index contributed by atoms with van der Waals surface area (Å²) in [6, 6.07) is 7.14. The van der Waals surface area contributed by atoms with Gasteiger partial charge in [0, 0.05) is 10.6 Å². The van der Waals surface area contributed by atoms with Gasteiger partial charge < -0.3 is 4.84 Å². The second-order valence-electron chi connectivity index (χ2n) is 5.20. The molecule has 0 spiro atoms. The van der Waals surface area contributed by atoms with Crippen LogP contribution in [-0.2, 0) is 16.2 Å². The number of halogens is 2. The third-order valence-corrected chi connectivity index (χ3v) is 3.04. The summed E-state index contributed by atoms with van der Waals surface area (Å²) < 4.78 is 1.60. The molecule has 124 valence electrons. The molecule has 1 heterocycles. The molecule has 0 amide bonds. The van der Waals surface area contributed by atoms with E-state index in [0.717, 1.165) is 5.56 Å². The molecule has 1 aromatic heterocycles. The van der Waals surface area contributed by atoms with Crippen molar-refractivity contribution in [3.63, 3.8) is 0 Å². The highest BCUT2D eigenvalue weighted by atomic mass is 35.5. The van der Waals surface area contributed by atoms with E-state index in [1.807, 2.05) is 26.0 Å². The quantitative estimate of drug-likeness (QED) is 0.452. The molecule has 0 atom stereocenters. The number of hydrogen-bond acceptors (Lipinski definition) is 5. The molecule has 0 N–H and O–H groups in total. The van der Waals surface area contributed by atoms with E-state index in [1.165, 1.54) is 6.33 Å². The molecule has 0 saturated carbocycles. The van der Waals surface area contributed by atoms with Gasteiger partial charge in [0.25, 0.3) is 0 Å². The molecule has 0 aliphatic heterocycles. The van der Waals surface area contributed by atoms with Crippen LogP contribution in [0.3, 0.4) is 0 Å². The molecule has 8 heteroatoms. The Morgan fingerprint density at radius 3 is 2.61 bits per heavy atom. The summed E-state index contributed by atoms with van der Waals surface area (Å²) >= 11 is 5.89. The van der Waals surface area contributed by atoms with Gasteiger partial charge in [-0.05, 0) is 18.1 Å². The first kappa shape index (κ1) is 19.1. The molecular weight excluding hydrogens is 339 g/mol. The van der Waals surface area contributed by atoms with Crippen molar-refractivity contribution in [3.8, 4) is 0 Å². The fraction of sp³-hybridized carbons (Fsp3) is 0.333. The Hall–Kier alpha value is -1.92. The molecule has 0 aliphatic carbocycles. The topological polar surface area (TPSA) is 69.4 Å². The summed E-state index contributed by atoms with van der Waals surface area (Å²) in [5.41, 5.74) is 1.37. The van der Waals surface area contributed by atoms with Crippen LogP contribution >= 0.6 is 24.0 Å². The average Bonchev–Trinajstić information content (AvgIpc) is 2.96. The fourth-order valence-corrected chi connectivity index (χ4v) is 1.89. The number of carbonyl (C=O) groups is 1. The van der Waals surface area contributed by atoms with Crippen molar-refractivity contribution in [2.75, 3.05) is 0 Å². The van der Waals surface area contributed by atoms with Gasteiger partial charge in [-0.2, -0.15) is 5.10 Å². The largest absolute Gasteiger partial charge is 0.335 e. The smallest absolute Gasteiger partial charge is 0.318 e. The molecule has 23 heavy (non-hydrogen) atoms. The fourth-order valence-electron chi connectivity index (χ4n) is 1.76. The van der Waals surface area contributed by atoms with Crippen LogP contribution in [0.2, 0.25) is 5.02 Å². The molecule has 2 aromatic rings. The monoisotopic (exact) mass is 356 g/mol. The first-order valence-electron chi connectivity index (χ1n) is 6.89. The van der Waals surface area contributed by atoms with Crippen molar-refractivity contribution in [3.05, 3.63) is 47.5 Å². The van der Waals surface area contributed by atoms with E-state index in [0.29, 0.717) is 23.7 Å². The highest BCUT2D eigenvalue weighted by Gasteiger charge is 2.10. The van der Waals surface area contributed by atoms with Gasteiger partial charge in [0.15, 0.2) is 0 Å². The van der Waals surface area contributed by atoms with Crippen LogP contribution in [0.1, 0.15) is 25.8 Å². The Bertz CT molecular complexity index is 640. The normalized spacial score (nSPS) is 11.2. The van der Waals surface area contributed by atoms with Crippen LogP contribution in [0.4, 0.5) is 0 Å². The average molecular weight is 357 g/mol. The summed E-state index contributed by atoms with van der Waals surface area (Å²) in [4.78, 5) is 20.5. The zero-order chi connectivity index (χ0) is 15.9. The maximum Gasteiger partial charge on any atom is 0.335 e. The van der Waals surface area contributed by atoms with Crippen molar-refractivity contribution in [2.45, 2.75) is 26.8 Å². The number of nitrogens with zero attached hydrogens (tertiary/aromatic N) is 4. The number of hydrogen-bond donors (Lipinski definition) is 0. The van der Waals surface area contributed by atoms with E-state index in [1.54, 1.807) is 23.1 Å².